The third-order valence-corrected chi connectivity index (χ3v) is 3.83. The molecule has 0 spiro atoms. The fraction of sp³-hybridized carbons (Fsp3) is 0.235. The van der Waals surface area contributed by atoms with Gasteiger partial charge in [0.1, 0.15) is 11.9 Å². The molecule has 1 aromatic heterocycles. The average Bonchev–Trinajstić information content (AvgIpc) is 2.60. The zero-order chi connectivity index (χ0) is 16.5. The smallest absolute Gasteiger partial charge is 0.251 e. The molecule has 0 saturated heterocycles. The van der Waals surface area contributed by atoms with Gasteiger partial charge in [-0.3, -0.25) is 9.59 Å². The number of pyridine rings is 1. The number of hydrogen-bond acceptors (Lipinski definition) is 4. The second-order valence-electron chi connectivity index (χ2n) is 4.88. The van der Waals surface area contributed by atoms with Gasteiger partial charge in [0, 0.05) is 11.8 Å². The Bertz CT molecular complexity index is 635. The van der Waals surface area contributed by atoms with Gasteiger partial charge in [0.05, 0.1) is 0 Å². The Morgan fingerprint density at radius 1 is 1.13 bits per heavy atom. The summed E-state index contributed by atoms with van der Waals surface area (Å²) in [7, 11) is 0. The molecule has 0 bridgehead atoms. The molecule has 0 aliphatic rings. The predicted octanol–water partition coefficient (Wildman–Crippen LogP) is 2.57. The minimum Gasteiger partial charge on any atom is -0.340 e. The van der Waals surface area contributed by atoms with Gasteiger partial charge in [0.2, 0.25) is 5.91 Å². The number of hydrogen-bond donors (Lipinski definition) is 2. The number of amides is 2. The number of carbonyl (C=O) groups excluding carboxylic acids is 2. The van der Waals surface area contributed by atoms with Crippen LogP contribution in [-0.2, 0) is 4.79 Å². The van der Waals surface area contributed by atoms with Gasteiger partial charge in [-0.2, -0.15) is 11.8 Å². The fourth-order valence-electron chi connectivity index (χ4n) is 1.99. The molecule has 120 valence electrons. The summed E-state index contributed by atoms with van der Waals surface area (Å²) in [5.74, 6) is 0.727. The van der Waals surface area contributed by atoms with E-state index >= 15 is 0 Å². The number of thioether (sulfide) groups is 1. The van der Waals surface area contributed by atoms with Crippen molar-refractivity contribution in [3.05, 3.63) is 60.3 Å². The van der Waals surface area contributed by atoms with Crippen LogP contribution in [0.25, 0.3) is 0 Å². The molecular formula is C17H19N3O2S. The second-order valence-corrected chi connectivity index (χ2v) is 5.86. The van der Waals surface area contributed by atoms with E-state index in [0.29, 0.717) is 17.8 Å². The number of benzene rings is 1. The van der Waals surface area contributed by atoms with Crippen molar-refractivity contribution in [1.82, 2.24) is 10.3 Å². The Hall–Kier alpha value is -2.34. The molecule has 0 radical (unpaired) electrons. The maximum Gasteiger partial charge on any atom is 0.251 e. The van der Waals surface area contributed by atoms with Crippen LogP contribution in [0.4, 0.5) is 5.82 Å². The molecule has 0 aliphatic carbocycles. The molecule has 2 aromatic rings. The average molecular weight is 329 g/mol. The molecule has 2 amide bonds. The van der Waals surface area contributed by atoms with Gasteiger partial charge in [-0.05, 0) is 42.7 Å². The fourth-order valence-corrected chi connectivity index (χ4v) is 2.46. The third kappa shape index (κ3) is 5.41. The van der Waals surface area contributed by atoms with Crippen molar-refractivity contribution in [1.29, 1.82) is 0 Å². The Morgan fingerprint density at radius 2 is 1.87 bits per heavy atom. The van der Waals surface area contributed by atoms with E-state index in [1.54, 1.807) is 60.4 Å². The van der Waals surface area contributed by atoms with Gasteiger partial charge < -0.3 is 10.6 Å². The zero-order valence-electron chi connectivity index (χ0n) is 12.9. The second kappa shape index (κ2) is 8.95. The summed E-state index contributed by atoms with van der Waals surface area (Å²) in [6.45, 7) is 0. The lowest BCUT2D eigenvalue weighted by Crippen LogP contribution is -2.44. The van der Waals surface area contributed by atoms with Crippen LogP contribution in [-0.4, -0.2) is 34.8 Å². The summed E-state index contributed by atoms with van der Waals surface area (Å²) in [5, 5.41) is 5.53. The normalized spacial score (nSPS) is 11.5. The summed E-state index contributed by atoms with van der Waals surface area (Å²) in [6, 6.07) is 13.5. The van der Waals surface area contributed by atoms with E-state index in [4.69, 9.17) is 0 Å². The largest absolute Gasteiger partial charge is 0.340 e. The van der Waals surface area contributed by atoms with Crippen molar-refractivity contribution < 1.29 is 9.59 Å². The SMILES string of the molecule is CSCCC(NC(=O)c1ccccc1)C(=O)Nc1ccccn1. The van der Waals surface area contributed by atoms with Crippen molar-refractivity contribution in [3.63, 3.8) is 0 Å². The van der Waals surface area contributed by atoms with Crippen molar-refractivity contribution in [2.45, 2.75) is 12.5 Å². The molecule has 2 N–H and O–H groups in total. The molecular weight excluding hydrogens is 310 g/mol. The van der Waals surface area contributed by atoms with E-state index in [1.165, 1.54) is 0 Å². The molecule has 1 unspecified atom stereocenters. The van der Waals surface area contributed by atoms with E-state index in [1.807, 2.05) is 12.3 Å². The van der Waals surface area contributed by atoms with Crippen molar-refractivity contribution in [3.8, 4) is 0 Å². The van der Waals surface area contributed by atoms with Crippen LogP contribution < -0.4 is 10.6 Å². The topological polar surface area (TPSA) is 71.1 Å². The highest BCUT2D eigenvalue weighted by molar-refractivity contribution is 7.98. The first-order valence-corrected chi connectivity index (χ1v) is 8.67. The Balaban J connectivity index is 2.04. The van der Waals surface area contributed by atoms with Gasteiger partial charge in [-0.1, -0.05) is 24.3 Å². The van der Waals surface area contributed by atoms with Crippen LogP contribution in [0.15, 0.2) is 54.7 Å². The number of rotatable bonds is 7. The summed E-state index contributed by atoms with van der Waals surface area (Å²) in [4.78, 5) is 28.7. The van der Waals surface area contributed by atoms with Gasteiger partial charge in [0.15, 0.2) is 0 Å². The van der Waals surface area contributed by atoms with Crippen LogP contribution in [0.3, 0.4) is 0 Å². The number of carbonyl (C=O) groups is 2. The molecule has 0 fully saturated rings. The monoisotopic (exact) mass is 329 g/mol. The lowest BCUT2D eigenvalue weighted by molar-refractivity contribution is -0.118. The summed E-state index contributed by atoms with van der Waals surface area (Å²) in [5.41, 5.74) is 0.535. The van der Waals surface area contributed by atoms with E-state index in [-0.39, 0.29) is 11.8 Å². The molecule has 1 heterocycles. The Labute approximate surface area is 139 Å². The highest BCUT2D eigenvalue weighted by Gasteiger charge is 2.21. The minimum atomic E-state index is -0.600. The highest BCUT2D eigenvalue weighted by Crippen LogP contribution is 2.07. The van der Waals surface area contributed by atoms with Crippen molar-refractivity contribution in [2.75, 3.05) is 17.3 Å². The maximum atomic E-state index is 12.4. The third-order valence-electron chi connectivity index (χ3n) is 3.18. The first-order chi connectivity index (χ1) is 11.2. The quantitative estimate of drug-likeness (QED) is 0.819. The highest BCUT2D eigenvalue weighted by atomic mass is 32.2. The van der Waals surface area contributed by atoms with Gasteiger partial charge in [-0.15, -0.1) is 0 Å². The maximum absolute atomic E-state index is 12.4. The van der Waals surface area contributed by atoms with Crippen LogP contribution >= 0.6 is 11.8 Å². The first-order valence-electron chi connectivity index (χ1n) is 7.27. The Morgan fingerprint density at radius 3 is 2.52 bits per heavy atom. The molecule has 1 atom stereocenters. The summed E-state index contributed by atoms with van der Waals surface area (Å²) >= 11 is 1.63. The molecule has 0 saturated carbocycles. The lowest BCUT2D eigenvalue weighted by atomic mass is 10.1. The van der Waals surface area contributed by atoms with Crippen LogP contribution in [0.2, 0.25) is 0 Å². The van der Waals surface area contributed by atoms with E-state index < -0.39 is 6.04 Å². The van der Waals surface area contributed by atoms with Crippen LogP contribution in [0, 0.1) is 0 Å². The van der Waals surface area contributed by atoms with E-state index in [0.717, 1.165) is 5.75 Å². The van der Waals surface area contributed by atoms with Crippen LogP contribution in [0.5, 0.6) is 0 Å². The minimum absolute atomic E-state index is 0.257. The van der Waals surface area contributed by atoms with Gasteiger partial charge >= 0.3 is 0 Å². The summed E-state index contributed by atoms with van der Waals surface area (Å²) in [6.07, 6.45) is 4.13. The zero-order valence-corrected chi connectivity index (χ0v) is 13.7. The number of nitrogens with zero attached hydrogens (tertiary/aromatic N) is 1. The molecule has 0 aliphatic heterocycles. The number of anilines is 1. The number of nitrogens with one attached hydrogen (secondary N) is 2. The van der Waals surface area contributed by atoms with Gasteiger partial charge in [0.25, 0.3) is 5.91 Å². The van der Waals surface area contributed by atoms with Crippen molar-refractivity contribution >= 4 is 29.4 Å². The molecule has 1 aromatic carbocycles. The molecule has 2 rings (SSSR count). The number of aromatic nitrogens is 1. The standard InChI is InChI=1S/C17H19N3O2S/c1-23-12-10-14(17(22)20-15-9-5-6-11-18-15)19-16(21)13-7-3-2-4-8-13/h2-9,11,14H,10,12H2,1H3,(H,19,21)(H,18,20,22). The van der Waals surface area contributed by atoms with E-state index in [2.05, 4.69) is 15.6 Å². The van der Waals surface area contributed by atoms with Crippen LogP contribution in [0.1, 0.15) is 16.8 Å². The predicted molar refractivity (Wildman–Crippen MR) is 93.6 cm³/mol. The lowest BCUT2D eigenvalue weighted by Gasteiger charge is -2.18. The van der Waals surface area contributed by atoms with Crippen molar-refractivity contribution in [2.24, 2.45) is 0 Å². The molecule has 6 heteroatoms. The van der Waals surface area contributed by atoms with E-state index in [9.17, 15) is 9.59 Å². The summed E-state index contributed by atoms with van der Waals surface area (Å²) < 4.78 is 0. The van der Waals surface area contributed by atoms with Gasteiger partial charge in [-0.25, -0.2) is 4.98 Å². The molecule has 23 heavy (non-hydrogen) atoms. The Kier molecular flexibility index (Phi) is 6.62. The molecule has 5 nitrogen and oxygen atoms in total. The first kappa shape index (κ1) is 17.0.